The van der Waals surface area contributed by atoms with E-state index in [0.717, 1.165) is 12.1 Å². The van der Waals surface area contributed by atoms with E-state index in [1.807, 2.05) is 0 Å². The van der Waals surface area contributed by atoms with Crippen LogP contribution in [0.1, 0.15) is 18.1 Å². The third-order valence-electron chi connectivity index (χ3n) is 2.17. The summed E-state index contributed by atoms with van der Waals surface area (Å²) in [6.45, 7) is 1.73. The number of alkyl halides is 3. The minimum absolute atomic E-state index is 0.0394. The minimum Gasteiger partial charge on any atom is -0.466 e. The van der Waals surface area contributed by atoms with Crippen molar-refractivity contribution in [2.75, 3.05) is 6.61 Å². The number of carbonyl (C=O) groups excluding carboxylic acids is 1. The number of benzene rings is 1. The Bertz CT molecular complexity index is 552. The predicted molar refractivity (Wildman–Crippen MR) is 65.4 cm³/mol. The second-order valence-electron chi connectivity index (χ2n) is 3.62. The number of halogens is 3. The number of hydrogen-bond acceptors (Lipinski definition) is 5. The maximum atomic E-state index is 12.2. The number of esters is 1. The van der Waals surface area contributed by atoms with Gasteiger partial charge in [-0.25, -0.2) is 0 Å². The van der Waals surface area contributed by atoms with E-state index in [4.69, 9.17) is 5.26 Å². The van der Waals surface area contributed by atoms with Gasteiger partial charge >= 0.3 is 12.3 Å². The number of hydrogen-bond donors (Lipinski definition) is 1. The zero-order valence-electron chi connectivity index (χ0n) is 10.3. The van der Waals surface area contributed by atoms with Crippen molar-refractivity contribution < 1.29 is 27.4 Å². The summed E-state index contributed by atoms with van der Waals surface area (Å²) in [5, 5.41) is 8.91. The van der Waals surface area contributed by atoms with E-state index in [2.05, 4.69) is 22.1 Å². The van der Waals surface area contributed by atoms with Gasteiger partial charge in [-0.1, -0.05) is 0 Å². The van der Waals surface area contributed by atoms with E-state index in [1.165, 1.54) is 0 Å². The molecule has 0 saturated carbocycles. The minimum atomic E-state index is -4.88. The van der Waals surface area contributed by atoms with Crippen LogP contribution in [0.2, 0.25) is 0 Å². The molecule has 0 radical (unpaired) electrons. The van der Waals surface area contributed by atoms with Gasteiger partial charge in [-0.05, 0) is 24.6 Å². The molecule has 1 rings (SSSR count). The first-order chi connectivity index (χ1) is 9.26. The number of carbonyl (C=O) groups is 1. The molecule has 0 fully saturated rings. The van der Waals surface area contributed by atoms with Crippen LogP contribution in [-0.2, 0) is 16.0 Å². The highest BCUT2D eigenvalue weighted by atomic mass is 32.1. The quantitative estimate of drug-likeness (QED) is 0.686. The zero-order valence-corrected chi connectivity index (χ0v) is 11.2. The smallest absolute Gasteiger partial charge is 0.466 e. The van der Waals surface area contributed by atoms with Crippen LogP contribution in [0.25, 0.3) is 0 Å². The summed E-state index contributed by atoms with van der Waals surface area (Å²) in [6.07, 6.45) is -5.20. The van der Waals surface area contributed by atoms with Gasteiger partial charge in [0.25, 0.3) is 0 Å². The number of nitriles is 1. The van der Waals surface area contributed by atoms with Gasteiger partial charge in [-0.3, -0.25) is 4.79 Å². The third-order valence-corrected chi connectivity index (χ3v) is 2.52. The Morgan fingerprint density at radius 1 is 1.45 bits per heavy atom. The fourth-order valence-corrected chi connectivity index (χ4v) is 1.67. The lowest BCUT2D eigenvalue weighted by atomic mass is 10.1. The normalized spacial score (nSPS) is 10.8. The summed E-state index contributed by atoms with van der Waals surface area (Å²) in [6, 6.07) is 3.85. The predicted octanol–water partition coefficient (Wildman–Crippen LogP) is 2.85. The molecule has 0 N–H and O–H groups in total. The van der Waals surface area contributed by atoms with E-state index in [0.29, 0.717) is 0 Å². The second-order valence-corrected chi connectivity index (χ2v) is 4.10. The lowest BCUT2D eigenvalue weighted by Gasteiger charge is -2.13. The third kappa shape index (κ3) is 4.66. The van der Waals surface area contributed by atoms with E-state index < -0.39 is 18.1 Å². The second kappa shape index (κ2) is 6.52. The SMILES string of the molecule is CCOC(=O)Cc1cc(OC(F)(F)F)c(S)cc1C#N. The highest BCUT2D eigenvalue weighted by Gasteiger charge is 2.32. The van der Waals surface area contributed by atoms with Crippen molar-refractivity contribution in [1.82, 2.24) is 0 Å². The molecule has 8 heteroatoms. The summed E-state index contributed by atoms with van der Waals surface area (Å²) in [5.41, 5.74) is 0.126. The number of rotatable bonds is 4. The van der Waals surface area contributed by atoms with Crippen LogP contribution in [0.4, 0.5) is 13.2 Å². The number of thiol groups is 1. The highest BCUT2D eigenvalue weighted by Crippen LogP contribution is 2.31. The van der Waals surface area contributed by atoms with Crippen molar-refractivity contribution in [2.24, 2.45) is 0 Å². The van der Waals surface area contributed by atoms with Crippen LogP contribution in [0.3, 0.4) is 0 Å². The van der Waals surface area contributed by atoms with Crippen molar-refractivity contribution in [2.45, 2.75) is 24.6 Å². The van der Waals surface area contributed by atoms with Crippen LogP contribution in [0.5, 0.6) is 5.75 Å². The standard InChI is InChI=1S/C12H10F3NO3S/c1-2-18-11(17)5-7-3-9(19-12(13,14)15)10(20)4-8(7)6-16/h3-4,20H,2,5H2,1H3. The number of nitrogens with zero attached hydrogens (tertiary/aromatic N) is 1. The Hall–Kier alpha value is -1.88. The van der Waals surface area contributed by atoms with Crippen molar-refractivity contribution >= 4 is 18.6 Å². The summed E-state index contributed by atoms with van der Waals surface area (Å²) in [7, 11) is 0. The molecule has 0 aromatic heterocycles. The summed E-state index contributed by atoms with van der Waals surface area (Å²) < 4.78 is 45.1. The van der Waals surface area contributed by atoms with Crippen molar-refractivity contribution in [3.05, 3.63) is 23.3 Å². The molecule has 0 saturated heterocycles. The molecule has 0 aliphatic carbocycles. The molecule has 1 aromatic carbocycles. The van der Waals surface area contributed by atoms with Crippen molar-refractivity contribution in [3.8, 4) is 11.8 Å². The molecular weight excluding hydrogens is 295 g/mol. The lowest BCUT2D eigenvalue weighted by Crippen LogP contribution is -2.18. The molecule has 4 nitrogen and oxygen atoms in total. The van der Waals surface area contributed by atoms with Crippen molar-refractivity contribution in [1.29, 1.82) is 5.26 Å². The summed E-state index contributed by atoms with van der Waals surface area (Å²) >= 11 is 3.82. The number of ether oxygens (including phenoxy) is 2. The van der Waals surface area contributed by atoms with Gasteiger partial charge < -0.3 is 9.47 Å². The average Bonchev–Trinajstić information content (AvgIpc) is 2.31. The van der Waals surface area contributed by atoms with E-state index in [-0.39, 0.29) is 29.1 Å². The molecule has 108 valence electrons. The molecule has 0 atom stereocenters. The molecule has 0 bridgehead atoms. The topological polar surface area (TPSA) is 59.3 Å². The Balaban J connectivity index is 3.12. The van der Waals surface area contributed by atoms with E-state index in [1.54, 1.807) is 13.0 Å². The molecule has 0 heterocycles. The van der Waals surface area contributed by atoms with Gasteiger partial charge in [0.2, 0.25) is 0 Å². The van der Waals surface area contributed by atoms with E-state index >= 15 is 0 Å². The van der Waals surface area contributed by atoms with Crippen molar-refractivity contribution in [3.63, 3.8) is 0 Å². The summed E-state index contributed by atoms with van der Waals surface area (Å²) in [4.78, 5) is 11.2. The van der Waals surface area contributed by atoms with Gasteiger partial charge in [0.15, 0.2) is 0 Å². The van der Waals surface area contributed by atoms with Gasteiger partial charge in [0, 0.05) is 4.90 Å². The molecule has 20 heavy (non-hydrogen) atoms. The van der Waals surface area contributed by atoms with Gasteiger partial charge in [0.1, 0.15) is 5.75 Å². The fraction of sp³-hybridized carbons (Fsp3) is 0.333. The van der Waals surface area contributed by atoms with Crippen LogP contribution in [-0.4, -0.2) is 18.9 Å². The Morgan fingerprint density at radius 2 is 2.10 bits per heavy atom. The maximum Gasteiger partial charge on any atom is 0.573 e. The van der Waals surface area contributed by atoms with Gasteiger partial charge in [-0.15, -0.1) is 25.8 Å². The molecule has 0 aliphatic rings. The van der Waals surface area contributed by atoms with Crippen LogP contribution in [0.15, 0.2) is 17.0 Å². The fourth-order valence-electron chi connectivity index (χ4n) is 1.43. The molecule has 0 amide bonds. The van der Waals surface area contributed by atoms with Crippen LogP contribution in [0, 0.1) is 11.3 Å². The van der Waals surface area contributed by atoms with Gasteiger partial charge in [0.05, 0.1) is 24.7 Å². The molecule has 1 aromatic rings. The first-order valence-electron chi connectivity index (χ1n) is 5.44. The van der Waals surface area contributed by atoms with Gasteiger partial charge in [-0.2, -0.15) is 5.26 Å². The molecule has 0 unspecified atom stereocenters. The lowest BCUT2D eigenvalue weighted by molar-refractivity contribution is -0.275. The Kier molecular flexibility index (Phi) is 5.27. The monoisotopic (exact) mass is 305 g/mol. The highest BCUT2D eigenvalue weighted by molar-refractivity contribution is 7.80. The summed E-state index contributed by atoms with van der Waals surface area (Å²) in [5.74, 6) is -1.21. The van der Waals surface area contributed by atoms with Crippen LogP contribution >= 0.6 is 12.6 Å². The first-order valence-corrected chi connectivity index (χ1v) is 5.89. The Labute approximate surface area is 118 Å². The first kappa shape index (κ1) is 16.2. The maximum absolute atomic E-state index is 12.2. The largest absolute Gasteiger partial charge is 0.573 e. The van der Waals surface area contributed by atoms with E-state index in [9.17, 15) is 18.0 Å². The molecular formula is C12H10F3NO3S. The molecule has 0 aliphatic heterocycles. The Morgan fingerprint density at radius 3 is 2.60 bits per heavy atom. The average molecular weight is 305 g/mol. The molecule has 0 spiro atoms. The van der Waals surface area contributed by atoms with Crippen LogP contribution < -0.4 is 4.74 Å². The zero-order chi connectivity index (χ0) is 15.3.